The summed E-state index contributed by atoms with van der Waals surface area (Å²) < 4.78 is 31.1. The molecule has 1 N–H and O–H groups in total. The Morgan fingerprint density at radius 3 is 1.58 bits per heavy atom. The minimum Gasteiger partial charge on any atom is -0.490 e. The number of ether oxygens (including phenoxy) is 3. The Balaban J connectivity index is 2.11. The predicted octanol–water partition coefficient (Wildman–Crippen LogP) is 11.4. The zero-order valence-electron chi connectivity index (χ0n) is 31.5. The summed E-state index contributed by atoms with van der Waals surface area (Å²) in [6.45, 7) is 18.3. The standard InChI is InChI=1S/C41H69NO5Si/c1-7-12-15-18-29-43-39-33-38(34-40(44-30-19-16-13-8-2)41(39)45-31-20-17-14-9-3)27-24-36-22-25-37(26-23-36)35-42-28-21-32-48(6,46-10-4)47-11-5/h22-27,33-34,42H,7-21,28-32,35H2,1-6H3/b27-24+. The fraction of sp³-hybridized carbons (Fsp3) is 0.659. The lowest BCUT2D eigenvalue weighted by Gasteiger charge is -2.25. The molecule has 0 saturated carbocycles. The Morgan fingerprint density at radius 1 is 0.583 bits per heavy atom. The van der Waals surface area contributed by atoms with Crippen LogP contribution in [-0.4, -0.2) is 48.1 Å². The molecule has 0 spiro atoms. The van der Waals surface area contributed by atoms with Crippen LogP contribution in [0.1, 0.15) is 135 Å². The summed E-state index contributed by atoms with van der Waals surface area (Å²) >= 11 is 0. The third kappa shape index (κ3) is 17.9. The van der Waals surface area contributed by atoms with E-state index >= 15 is 0 Å². The van der Waals surface area contributed by atoms with Crippen molar-refractivity contribution >= 4 is 20.7 Å². The minimum absolute atomic E-state index is 0.677. The first kappa shape index (κ1) is 41.8. The highest BCUT2D eigenvalue weighted by Gasteiger charge is 2.29. The number of hydrogen-bond acceptors (Lipinski definition) is 6. The van der Waals surface area contributed by atoms with Crippen LogP contribution in [0, 0.1) is 0 Å². The molecule has 0 unspecified atom stereocenters. The average molecular weight is 684 g/mol. The molecule has 0 atom stereocenters. The van der Waals surface area contributed by atoms with Gasteiger partial charge in [0.1, 0.15) is 0 Å². The molecular formula is C41H69NO5Si. The normalized spacial score (nSPS) is 11.8. The summed E-state index contributed by atoms with van der Waals surface area (Å²) in [7, 11) is -2.04. The van der Waals surface area contributed by atoms with E-state index in [1.807, 2.05) is 13.8 Å². The maximum absolute atomic E-state index is 6.40. The molecule has 0 aliphatic carbocycles. The van der Waals surface area contributed by atoms with E-state index in [9.17, 15) is 0 Å². The first-order valence-electron chi connectivity index (χ1n) is 19.3. The molecule has 2 aromatic carbocycles. The molecule has 7 heteroatoms. The fourth-order valence-electron chi connectivity index (χ4n) is 5.68. The highest BCUT2D eigenvalue weighted by atomic mass is 28.4. The van der Waals surface area contributed by atoms with Gasteiger partial charge in [0, 0.05) is 19.8 Å². The fourth-order valence-corrected chi connectivity index (χ4v) is 8.09. The van der Waals surface area contributed by atoms with Crippen molar-refractivity contribution in [2.75, 3.05) is 39.6 Å². The van der Waals surface area contributed by atoms with Crippen LogP contribution >= 0.6 is 0 Å². The van der Waals surface area contributed by atoms with Gasteiger partial charge >= 0.3 is 8.56 Å². The van der Waals surface area contributed by atoms with Crippen LogP contribution in [0.3, 0.4) is 0 Å². The average Bonchev–Trinajstić information content (AvgIpc) is 3.08. The molecule has 6 nitrogen and oxygen atoms in total. The summed E-state index contributed by atoms with van der Waals surface area (Å²) in [5.74, 6) is 2.34. The Morgan fingerprint density at radius 2 is 1.08 bits per heavy atom. The van der Waals surface area contributed by atoms with E-state index in [1.54, 1.807) is 0 Å². The van der Waals surface area contributed by atoms with Gasteiger partial charge in [0.25, 0.3) is 0 Å². The summed E-state index contributed by atoms with van der Waals surface area (Å²) in [4.78, 5) is 0. The van der Waals surface area contributed by atoms with Crippen molar-refractivity contribution in [3.63, 3.8) is 0 Å². The van der Waals surface area contributed by atoms with E-state index in [-0.39, 0.29) is 0 Å². The molecule has 0 bridgehead atoms. The van der Waals surface area contributed by atoms with Gasteiger partial charge in [-0.2, -0.15) is 0 Å². The number of unbranched alkanes of at least 4 members (excludes halogenated alkanes) is 9. The lowest BCUT2D eigenvalue weighted by Crippen LogP contribution is -2.39. The predicted molar refractivity (Wildman–Crippen MR) is 207 cm³/mol. The van der Waals surface area contributed by atoms with Crippen molar-refractivity contribution in [1.82, 2.24) is 5.32 Å². The Hall–Kier alpha value is -2.32. The highest BCUT2D eigenvalue weighted by molar-refractivity contribution is 6.66. The van der Waals surface area contributed by atoms with Crippen molar-refractivity contribution in [1.29, 1.82) is 0 Å². The third-order valence-electron chi connectivity index (χ3n) is 8.46. The van der Waals surface area contributed by atoms with Gasteiger partial charge in [0.15, 0.2) is 11.5 Å². The van der Waals surface area contributed by atoms with E-state index < -0.39 is 8.56 Å². The van der Waals surface area contributed by atoms with Gasteiger partial charge in [-0.15, -0.1) is 0 Å². The summed E-state index contributed by atoms with van der Waals surface area (Å²) in [6, 6.07) is 14.0. The molecule has 2 aromatic rings. The van der Waals surface area contributed by atoms with E-state index in [0.717, 1.165) is 86.4 Å². The second-order valence-electron chi connectivity index (χ2n) is 12.9. The minimum atomic E-state index is -2.04. The first-order valence-corrected chi connectivity index (χ1v) is 21.8. The van der Waals surface area contributed by atoms with Crippen molar-refractivity contribution in [2.24, 2.45) is 0 Å². The SMILES string of the molecule is CCCCCCOc1cc(/C=C/c2ccc(CNCCC[Si](C)(OCC)OCC)cc2)cc(OCCCCCC)c1OCCCCCC. The van der Waals surface area contributed by atoms with Crippen molar-refractivity contribution in [3.8, 4) is 17.2 Å². The molecule has 48 heavy (non-hydrogen) atoms. The van der Waals surface area contributed by atoms with Crippen LogP contribution in [-0.2, 0) is 15.4 Å². The van der Waals surface area contributed by atoms with Gasteiger partial charge in [0.05, 0.1) is 19.8 Å². The van der Waals surface area contributed by atoms with Crippen LogP contribution in [0.15, 0.2) is 36.4 Å². The van der Waals surface area contributed by atoms with Gasteiger partial charge < -0.3 is 28.4 Å². The molecule has 0 amide bonds. The molecule has 0 saturated heterocycles. The maximum atomic E-state index is 6.40. The first-order chi connectivity index (χ1) is 23.5. The van der Waals surface area contributed by atoms with Crippen LogP contribution < -0.4 is 19.5 Å². The zero-order valence-corrected chi connectivity index (χ0v) is 32.5. The van der Waals surface area contributed by atoms with Gasteiger partial charge in [-0.3, -0.25) is 0 Å². The second kappa shape index (κ2) is 26.5. The van der Waals surface area contributed by atoms with Crippen LogP contribution in [0.4, 0.5) is 0 Å². The zero-order chi connectivity index (χ0) is 34.7. The molecule has 272 valence electrons. The molecule has 0 heterocycles. The summed E-state index contributed by atoms with van der Waals surface area (Å²) in [5, 5.41) is 3.59. The molecule has 0 aliphatic rings. The summed E-state index contributed by atoms with van der Waals surface area (Å²) in [5.41, 5.74) is 3.50. The molecular weight excluding hydrogens is 615 g/mol. The van der Waals surface area contributed by atoms with Crippen LogP contribution in [0.25, 0.3) is 12.2 Å². The second-order valence-corrected chi connectivity index (χ2v) is 16.3. The Bertz CT molecular complexity index is 1070. The third-order valence-corrected chi connectivity index (χ3v) is 11.5. The topological polar surface area (TPSA) is 58.2 Å². The number of hydrogen-bond donors (Lipinski definition) is 1. The quantitative estimate of drug-likeness (QED) is 0.0502. The molecule has 0 aliphatic heterocycles. The number of rotatable bonds is 30. The molecule has 2 rings (SSSR count). The van der Waals surface area contributed by atoms with Crippen molar-refractivity contribution in [3.05, 3.63) is 53.1 Å². The van der Waals surface area contributed by atoms with E-state index in [1.165, 1.54) is 63.4 Å². The number of benzene rings is 2. The Kier molecular flexibility index (Phi) is 23.1. The van der Waals surface area contributed by atoms with Gasteiger partial charge in [-0.05, 0) is 87.5 Å². The van der Waals surface area contributed by atoms with Crippen LogP contribution in [0.5, 0.6) is 17.2 Å². The lowest BCUT2D eigenvalue weighted by molar-refractivity contribution is 0.188. The monoisotopic (exact) mass is 683 g/mol. The van der Waals surface area contributed by atoms with Crippen molar-refractivity contribution in [2.45, 2.75) is 137 Å². The van der Waals surface area contributed by atoms with E-state index in [4.69, 9.17) is 23.1 Å². The number of nitrogens with one attached hydrogen (secondary N) is 1. The largest absolute Gasteiger partial charge is 0.490 e. The van der Waals surface area contributed by atoms with Gasteiger partial charge in [-0.25, -0.2) is 0 Å². The summed E-state index contributed by atoms with van der Waals surface area (Å²) in [6.07, 6.45) is 19.4. The Labute approximate surface area is 295 Å². The molecule has 0 fully saturated rings. The lowest BCUT2D eigenvalue weighted by atomic mass is 10.1. The molecule has 0 aromatic heterocycles. The van der Waals surface area contributed by atoms with Gasteiger partial charge in [-0.1, -0.05) is 115 Å². The highest BCUT2D eigenvalue weighted by Crippen LogP contribution is 2.40. The van der Waals surface area contributed by atoms with E-state index in [0.29, 0.717) is 19.8 Å². The van der Waals surface area contributed by atoms with E-state index in [2.05, 4.69) is 81.2 Å². The smallest absolute Gasteiger partial charge is 0.334 e. The van der Waals surface area contributed by atoms with Crippen molar-refractivity contribution < 1.29 is 23.1 Å². The van der Waals surface area contributed by atoms with Crippen LogP contribution in [0.2, 0.25) is 12.6 Å². The molecule has 0 radical (unpaired) electrons. The maximum Gasteiger partial charge on any atom is 0.334 e. The van der Waals surface area contributed by atoms with Gasteiger partial charge in [0.2, 0.25) is 5.75 Å².